The molecule has 0 saturated heterocycles. The van der Waals surface area contributed by atoms with Crippen molar-refractivity contribution in [3.8, 4) is 0 Å². The Bertz CT molecular complexity index is 608. The Kier molecular flexibility index (Phi) is 5.00. The number of sulfonamides is 1. The van der Waals surface area contributed by atoms with Gasteiger partial charge in [0.05, 0.1) is 17.6 Å². The first-order chi connectivity index (χ1) is 9.97. The Morgan fingerprint density at radius 2 is 2.05 bits per heavy atom. The fraction of sp³-hybridized carbons (Fsp3) is 0.533. The second kappa shape index (κ2) is 6.58. The number of hydrogen-bond acceptors (Lipinski definition) is 4. The van der Waals surface area contributed by atoms with Gasteiger partial charge < -0.3 is 4.74 Å². The third kappa shape index (κ3) is 4.04. The monoisotopic (exact) mass is 311 g/mol. The minimum Gasteiger partial charge on any atom is -0.465 e. The second-order valence-electron chi connectivity index (χ2n) is 5.39. The second-order valence-corrected chi connectivity index (χ2v) is 7.08. The van der Waals surface area contributed by atoms with Gasteiger partial charge in [-0.05, 0) is 30.9 Å². The van der Waals surface area contributed by atoms with Crippen molar-refractivity contribution in [2.75, 3.05) is 7.11 Å². The summed E-state index contributed by atoms with van der Waals surface area (Å²) in [5.41, 5.74) is 0.0637. The normalized spacial score (nSPS) is 16.5. The lowest BCUT2D eigenvalue weighted by molar-refractivity contribution is 0.0596. The van der Waals surface area contributed by atoms with Crippen LogP contribution in [0.1, 0.15) is 43.0 Å². The van der Waals surface area contributed by atoms with E-state index in [1.165, 1.54) is 32.1 Å². The van der Waals surface area contributed by atoms with Crippen molar-refractivity contribution in [1.29, 1.82) is 0 Å². The molecule has 0 radical (unpaired) electrons. The number of ether oxygens (including phenoxy) is 1. The van der Waals surface area contributed by atoms with Crippen LogP contribution in [0.3, 0.4) is 0 Å². The Morgan fingerprint density at radius 1 is 1.38 bits per heavy atom. The Balaban J connectivity index is 2.24. The first kappa shape index (κ1) is 16.0. The molecule has 0 aromatic heterocycles. The number of rotatable bonds is 7. The third-order valence-electron chi connectivity index (χ3n) is 3.71. The van der Waals surface area contributed by atoms with Gasteiger partial charge in [-0.2, -0.15) is 0 Å². The number of hydrogen-bond donors (Lipinski definition) is 1. The summed E-state index contributed by atoms with van der Waals surface area (Å²) in [6.45, 7) is 1.96. The summed E-state index contributed by atoms with van der Waals surface area (Å²) in [5, 5.41) is 0. The average molecular weight is 311 g/mol. The standard InChI is InChI=1S/C15H21NO4S/c1-3-12(10-11-8-9-11)16-21(18,19)14-7-5-4-6-13(14)15(17)20-2/h4-7,11-12,16H,3,8-10H2,1-2H3. The molecule has 0 bridgehead atoms. The Hall–Kier alpha value is -1.40. The zero-order chi connectivity index (χ0) is 15.5. The molecule has 0 amide bonds. The number of nitrogens with one attached hydrogen (secondary N) is 1. The third-order valence-corrected chi connectivity index (χ3v) is 5.29. The molecule has 1 unspecified atom stereocenters. The molecule has 1 saturated carbocycles. The minimum absolute atomic E-state index is 0.0221. The molecule has 116 valence electrons. The molecule has 1 aromatic rings. The van der Waals surface area contributed by atoms with E-state index in [0.717, 1.165) is 12.8 Å². The largest absolute Gasteiger partial charge is 0.465 e. The summed E-state index contributed by atoms with van der Waals surface area (Å²) in [6.07, 6.45) is 3.94. The molecule has 1 atom stereocenters. The maximum absolute atomic E-state index is 12.5. The minimum atomic E-state index is -3.73. The molecule has 0 aliphatic heterocycles. The highest BCUT2D eigenvalue weighted by molar-refractivity contribution is 7.89. The number of methoxy groups -OCH3 is 1. The smallest absolute Gasteiger partial charge is 0.339 e. The van der Waals surface area contributed by atoms with Crippen LogP contribution in [0.25, 0.3) is 0 Å². The quantitative estimate of drug-likeness (QED) is 0.784. The maximum atomic E-state index is 12.5. The van der Waals surface area contributed by atoms with Gasteiger partial charge in [-0.1, -0.05) is 31.9 Å². The van der Waals surface area contributed by atoms with Gasteiger partial charge in [0.25, 0.3) is 0 Å². The van der Waals surface area contributed by atoms with Gasteiger partial charge in [0, 0.05) is 6.04 Å². The van der Waals surface area contributed by atoms with E-state index in [1.54, 1.807) is 12.1 Å². The molecule has 0 heterocycles. The fourth-order valence-corrected chi connectivity index (χ4v) is 3.84. The maximum Gasteiger partial charge on any atom is 0.339 e. The van der Waals surface area contributed by atoms with E-state index < -0.39 is 16.0 Å². The van der Waals surface area contributed by atoms with Crippen LogP contribution in [0.4, 0.5) is 0 Å². The highest BCUT2D eigenvalue weighted by Gasteiger charge is 2.29. The van der Waals surface area contributed by atoms with Gasteiger partial charge in [0.1, 0.15) is 0 Å². The highest BCUT2D eigenvalue weighted by atomic mass is 32.2. The zero-order valence-corrected chi connectivity index (χ0v) is 13.2. The lowest BCUT2D eigenvalue weighted by Gasteiger charge is -2.18. The number of benzene rings is 1. The van der Waals surface area contributed by atoms with Gasteiger partial charge >= 0.3 is 5.97 Å². The fourth-order valence-electron chi connectivity index (χ4n) is 2.32. The molecule has 6 heteroatoms. The van der Waals surface area contributed by atoms with Crippen molar-refractivity contribution in [3.63, 3.8) is 0 Å². The molecule has 1 aliphatic carbocycles. The molecule has 5 nitrogen and oxygen atoms in total. The molecular formula is C15H21NO4S. The predicted molar refractivity (Wildman–Crippen MR) is 79.5 cm³/mol. The SMILES string of the molecule is CCC(CC1CC1)NS(=O)(=O)c1ccccc1C(=O)OC. The van der Waals surface area contributed by atoms with E-state index >= 15 is 0 Å². The van der Waals surface area contributed by atoms with E-state index in [2.05, 4.69) is 9.46 Å². The summed E-state index contributed by atoms with van der Waals surface area (Å²) in [7, 11) is -2.49. The van der Waals surface area contributed by atoms with Gasteiger partial charge in [0.2, 0.25) is 10.0 Å². The van der Waals surface area contributed by atoms with Crippen LogP contribution in [0.15, 0.2) is 29.2 Å². The highest BCUT2D eigenvalue weighted by Crippen LogP contribution is 2.34. The van der Waals surface area contributed by atoms with Crippen LogP contribution < -0.4 is 4.72 Å². The van der Waals surface area contributed by atoms with Crippen LogP contribution in [0.2, 0.25) is 0 Å². The van der Waals surface area contributed by atoms with Crippen LogP contribution in [0, 0.1) is 5.92 Å². The summed E-state index contributed by atoms with van der Waals surface area (Å²) in [6, 6.07) is 6.02. The predicted octanol–water partition coefficient (Wildman–Crippen LogP) is 2.33. The molecular weight excluding hydrogens is 290 g/mol. The Morgan fingerprint density at radius 3 is 2.62 bits per heavy atom. The molecule has 21 heavy (non-hydrogen) atoms. The first-order valence-corrected chi connectivity index (χ1v) is 8.66. The van der Waals surface area contributed by atoms with E-state index in [0.29, 0.717) is 5.92 Å². The number of carbonyl (C=O) groups is 1. The van der Waals surface area contributed by atoms with Crippen molar-refractivity contribution >= 4 is 16.0 Å². The first-order valence-electron chi connectivity index (χ1n) is 7.17. The van der Waals surface area contributed by atoms with Gasteiger partial charge in [0.15, 0.2) is 0 Å². The van der Waals surface area contributed by atoms with Gasteiger partial charge in [-0.25, -0.2) is 17.9 Å². The lowest BCUT2D eigenvalue weighted by Crippen LogP contribution is -2.35. The van der Waals surface area contributed by atoms with Gasteiger partial charge in [-0.3, -0.25) is 0 Å². The molecule has 2 rings (SSSR count). The summed E-state index contributed by atoms with van der Waals surface area (Å²) < 4.78 is 32.4. The average Bonchev–Trinajstić information content (AvgIpc) is 3.29. The summed E-state index contributed by atoms with van der Waals surface area (Å²) in [4.78, 5) is 11.7. The lowest BCUT2D eigenvalue weighted by atomic mass is 10.1. The Labute approximate surface area is 125 Å². The summed E-state index contributed by atoms with van der Waals surface area (Å²) in [5.74, 6) is -0.0142. The van der Waals surface area contributed by atoms with E-state index in [-0.39, 0.29) is 16.5 Å². The van der Waals surface area contributed by atoms with Crippen LogP contribution in [-0.4, -0.2) is 27.5 Å². The topological polar surface area (TPSA) is 72.5 Å². The molecule has 0 spiro atoms. The zero-order valence-electron chi connectivity index (χ0n) is 12.3. The number of esters is 1. The van der Waals surface area contributed by atoms with Crippen LogP contribution in [-0.2, 0) is 14.8 Å². The van der Waals surface area contributed by atoms with Crippen LogP contribution >= 0.6 is 0 Å². The van der Waals surface area contributed by atoms with Crippen molar-refractivity contribution in [1.82, 2.24) is 4.72 Å². The van der Waals surface area contributed by atoms with Crippen LogP contribution in [0.5, 0.6) is 0 Å². The summed E-state index contributed by atoms with van der Waals surface area (Å²) >= 11 is 0. The molecule has 1 aromatic carbocycles. The van der Waals surface area contributed by atoms with Crippen molar-refractivity contribution < 1.29 is 17.9 Å². The van der Waals surface area contributed by atoms with E-state index in [9.17, 15) is 13.2 Å². The molecule has 1 fully saturated rings. The molecule has 1 aliphatic rings. The van der Waals surface area contributed by atoms with Crippen molar-refractivity contribution in [2.45, 2.75) is 43.5 Å². The van der Waals surface area contributed by atoms with Crippen molar-refractivity contribution in [3.05, 3.63) is 29.8 Å². The van der Waals surface area contributed by atoms with E-state index in [4.69, 9.17) is 0 Å². The van der Waals surface area contributed by atoms with E-state index in [1.807, 2.05) is 6.92 Å². The number of carbonyl (C=O) groups excluding carboxylic acids is 1. The van der Waals surface area contributed by atoms with Crippen molar-refractivity contribution in [2.24, 2.45) is 5.92 Å². The molecule has 1 N–H and O–H groups in total. The van der Waals surface area contributed by atoms with Gasteiger partial charge in [-0.15, -0.1) is 0 Å².